The molecule has 0 aliphatic rings. The van der Waals surface area contributed by atoms with Crippen LogP contribution in [-0.2, 0) is 0 Å². The van der Waals surface area contributed by atoms with Crippen LogP contribution >= 0.6 is 11.6 Å². The van der Waals surface area contributed by atoms with Gasteiger partial charge < -0.3 is 4.57 Å². The van der Waals surface area contributed by atoms with Crippen LogP contribution in [0.2, 0.25) is 5.02 Å². The van der Waals surface area contributed by atoms with Crippen LogP contribution in [0.4, 0.5) is 5.69 Å². The maximum absolute atomic E-state index is 12.0. The van der Waals surface area contributed by atoms with Crippen molar-refractivity contribution >= 4 is 23.1 Å². The summed E-state index contributed by atoms with van der Waals surface area (Å²) in [5.41, 5.74) is 3.33. The fourth-order valence-electron chi connectivity index (χ4n) is 2.90. The molecule has 126 valence electrons. The lowest BCUT2D eigenvalue weighted by atomic mass is 10.1. The Morgan fingerprint density at radius 1 is 1.12 bits per heavy atom. The van der Waals surface area contributed by atoms with Crippen molar-refractivity contribution in [1.29, 1.82) is 0 Å². The normalized spacial score (nSPS) is 10.7. The van der Waals surface area contributed by atoms with Gasteiger partial charge in [-0.2, -0.15) is 0 Å². The maximum Gasteiger partial charge on any atom is 0.270 e. The standard InChI is InChI=1S/C19H15ClN2O3/c1-12-16(13(2)23)11-19(14-6-5-7-15(10-14)22(24)25)21(12)18-9-4-3-8-17(18)20/h3-11H,1-2H3. The van der Waals surface area contributed by atoms with E-state index in [1.807, 2.05) is 29.7 Å². The van der Waals surface area contributed by atoms with Crippen molar-refractivity contribution < 1.29 is 9.72 Å². The Hall–Kier alpha value is -2.92. The minimum Gasteiger partial charge on any atom is -0.312 e. The van der Waals surface area contributed by atoms with E-state index < -0.39 is 4.92 Å². The summed E-state index contributed by atoms with van der Waals surface area (Å²) in [6, 6.07) is 15.4. The molecule has 0 saturated carbocycles. The number of nitro benzene ring substituents is 1. The fraction of sp³-hybridized carbons (Fsp3) is 0.105. The molecule has 0 aliphatic heterocycles. The summed E-state index contributed by atoms with van der Waals surface area (Å²) in [7, 11) is 0. The molecule has 25 heavy (non-hydrogen) atoms. The van der Waals surface area contributed by atoms with Crippen molar-refractivity contribution in [3.8, 4) is 16.9 Å². The number of halogens is 1. The van der Waals surface area contributed by atoms with Crippen LogP contribution in [-0.4, -0.2) is 15.3 Å². The second kappa shape index (κ2) is 6.53. The van der Waals surface area contributed by atoms with E-state index in [1.54, 1.807) is 24.3 Å². The molecule has 3 aromatic rings. The Bertz CT molecular complexity index is 992. The molecule has 1 aromatic heterocycles. The molecule has 1 heterocycles. The minimum absolute atomic E-state index is 0.00793. The molecule has 0 atom stereocenters. The second-order valence-electron chi connectivity index (χ2n) is 5.68. The van der Waals surface area contributed by atoms with Gasteiger partial charge in [0, 0.05) is 29.0 Å². The van der Waals surface area contributed by atoms with Crippen LogP contribution in [0.15, 0.2) is 54.6 Å². The SMILES string of the molecule is CC(=O)c1cc(-c2cccc([N+](=O)[O-])c2)n(-c2ccccc2Cl)c1C. The van der Waals surface area contributed by atoms with E-state index >= 15 is 0 Å². The largest absolute Gasteiger partial charge is 0.312 e. The summed E-state index contributed by atoms with van der Waals surface area (Å²) in [5, 5.41) is 11.6. The Labute approximate surface area is 149 Å². The first-order valence-electron chi connectivity index (χ1n) is 7.63. The molecule has 3 rings (SSSR count). The van der Waals surface area contributed by atoms with Gasteiger partial charge in [0.15, 0.2) is 5.78 Å². The predicted molar refractivity (Wildman–Crippen MR) is 97.6 cm³/mol. The lowest BCUT2D eigenvalue weighted by Crippen LogP contribution is -2.02. The van der Waals surface area contributed by atoms with E-state index in [9.17, 15) is 14.9 Å². The molecule has 0 spiro atoms. The highest BCUT2D eigenvalue weighted by Gasteiger charge is 2.20. The predicted octanol–water partition coefficient (Wildman–Crippen LogP) is 5.22. The number of rotatable bonds is 4. The van der Waals surface area contributed by atoms with Crippen LogP contribution in [0, 0.1) is 17.0 Å². The van der Waals surface area contributed by atoms with E-state index in [2.05, 4.69) is 0 Å². The number of Topliss-reactive ketones (excluding diaryl/α,β-unsaturated/α-hetero) is 1. The van der Waals surface area contributed by atoms with Crippen molar-refractivity contribution in [2.45, 2.75) is 13.8 Å². The Kier molecular flexibility index (Phi) is 4.42. The number of nitro groups is 1. The molecule has 0 aliphatic carbocycles. The topological polar surface area (TPSA) is 65.1 Å². The smallest absolute Gasteiger partial charge is 0.270 e. The first-order valence-corrected chi connectivity index (χ1v) is 8.01. The zero-order valence-electron chi connectivity index (χ0n) is 13.7. The summed E-state index contributed by atoms with van der Waals surface area (Å²) in [6.45, 7) is 3.33. The summed E-state index contributed by atoms with van der Waals surface area (Å²) < 4.78 is 1.86. The average molecular weight is 355 g/mol. The lowest BCUT2D eigenvalue weighted by Gasteiger charge is -2.13. The molecule has 6 heteroatoms. The highest BCUT2D eigenvalue weighted by Crippen LogP contribution is 2.33. The van der Waals surface area contributed by atoms with Gasteiger partial charge in [-0.15, -0.1) is 0 Å². The van der Waals surface area contributed by atoms with Crippen molar-refractivity contribution in [3.05, 3.63) is 81.0 Å². The second-order valence-corrected chi connectivity index (χ2v) is 6.09. The molecule has 0 N–H and O–H groups in total. The van der Waals surface area contributed by atoms with Gasteiger partial charge in [0.05, 0.1) is 21.3 Å². The molecule has 0 amide bonds. The molecule has 0 fully saturated rings. The Morgan fingerprint density at radius 3 is 2.48 bits per heavy atom. The first-order chi connectivity index (χ1) is 11.9. The van der Waals surface area contributed by atoms with Crippen LogP contribution < -0.4 is 0 Å². The van der Waals surface area contributed by atoms with E-state index in [0.717, 1.165) is 11.4 Å². The lowest BCUT2D eigenvalue weighted by molar-refractivity contribution is -0.384. The first kappa shape index (κ1) is 16.9. The number of para-hydroxylation sites is 1. The van der Waals surface area contributed by atoms with Crippen LogP contribution in [0.3, 0.4) is 0 Å². The van der Waals surface area contributed by atoms with Crippen molar-refractivity contribution in [2.75, 3.05) is 0 Å². The van der Waals surface area contributed by atoms with E-state index in [-0.39, 0.29) is 11.5 Å². The number of aromatic nitrogens is 1. The molecule has 0 radical (unpaired) electrons. The number of hydrogen-bond donors (Lipinski definition) is 0. The Morgan fingerprint density at radius 2 is 1.84 bits per heavy atom. The monoisotopic (exact) mass is 354 g/mol. The summed E-state index contributed by atoms with van der Waals surface area (Å²) in [4.78, 5) is 22.7. The maximum atomic E-state index is 12.0. The third kappa shape index (κ3) is 3.06. The zero-order chi connectivity index (χ0) is 18.1. The van der Waals surface area contributed by atoms with Gasteiger partial charge in [0.1, 0.15) is 0 Å². The number of ketones is 1. The molecular formula is C19H15ClN2O3. The van der Waals surface area contributed by atoms with Gasteiger partial charge in [0.25, 0.3) is 5.69 Å². The van der Waals surface area contributed by atoms with Crippen LogP contribution in [0.25, 0.3) is 16.9 Å². The molecule has 0 unspecified atom stereocenters. The van der Waals surface area contributed by atoms with Crippen LogP contribution in [0.1, 0.15) is 23.0 Å². The van der Waals surface area contributed by atoms with Crippen molar-refractivity contribution in [2.24, 2.45) is 0 Å². The number of non-ortho nitro benzene ring substituents is 1. The van der Waals surface area contributed by atoms with Crippen molar-refractivity contribution in [3.63, 3.8) is 0 Å². The van der Waals surface area contributed by atoms with Gasteiger partial charge in [-0.1, -0.05) is 35.9 Å². The number of nitrogens with zero attached hydrogens (tertiary/aromatic N) is 2. The number of carbonyl (C=O) groups excluding carboxylic acids is 1. The number of hydrogen-bond acceptors (Lipinski definition) is 3. The van der Waals surface area contributed by atoms with E-state index in [1.165, 1.54) is 19.1 Å². The molecule has 0 saturated heterocycles. The molecule has 5 nitrogen and oxygen atoms in total. The third-order valence-electron chi connectivity index (χ3n) is 4.07. The molecule has 2 aromatic carbocycles. The average Bonchev–Trinajstić information content (AvgIpc) is 2.93. The van der Waals surface area contributed by atoms with Crippen molar-refractivity contribution in [1.82, 2.24) is 4.57 Å². The number of carbonyl (C=O) groups is 1. The highest BCUT2D eigenvalue weighted by atomic mass is 35.5. The quantitative estimate of drug-likeness (QED) is 0.366. The van der Waals surface area contributed by atoms with Gasteiger partial charge >= 0.3 is 0 Å². The van der Waals surface area contributed by atoms with Gasteiger partial charge in [-0.25, -0.2) is 0 Å². The minimum atomic E-state index is -0.439. The fourth-order valence-corrected chi connectivity index (χ4v) is 3.12. The highest BCUT2D eigenvalue weighted by molar-refractivity contribution is 6.32. The third-order valence-corrected chi connectivity index (χ3v) is 4.39. The molecule has 0 bridgehead atoms. The zero-order valence-corrected chi connectivity index (χ0v) is 14.4. The Balaban J connectivity index is 2.32. The summed E-state index contributed by atoms with van der Waals surface area (Å²) in [5.74, 6) is -0.0741. The van der Waals surface area contributed by atoms with E-state index in [0.29, 0.717) is 21.8 Å². The summed E-state index contributed by atoms with van der Waals surface area (Å²) in [6.07, 6.45) is 0. The van der Waals surface area contributed by atoms with Gasteiger partial charge in [0.2, 0.25) is 0 Å². The number of benzene rings is 2. The van der Waals surface area contributed by atoms with E-state index in [4.69, 9.17) is 11.6 Å². The van der Waals surface area contributed by atoms with Gasteiger partial charge in [-0.3, -0.25) is 14.9 Å². The van der Waals surface area contributed by atoms with Gasteiger partial charge in [-0.05, 0) is 32.0 Å². The van der Waals surface area contributed by atoms with Crippen LogP contribution in [0.5, 0.6) is 0 Å². The molecular weight excluding hydrogens is 340 g/mol. The summed E-state index contributed by atoms with van der Waals surface area (Å²) >= 11 is 6.35.